The molecule has 0 aromatic heterocycles. The number of methoxy groups -OCH3 is 2. The normalized spacial score (nSPS) is 9.87. The minimum Gasteiger partial charge on any atom is -0.493 e. The van der Waals surface area contributed by atoms with Gasteiger partial charge in [0, 0.05) is 14.8 Å². The molecule has 5 nitrogen and oxygen atoms in total. The number of carbonyl (C=O) groups is 1. The molecular weight excluding hydrogens is 427 g/mol. The summed E-state index contributed by atoms with van der Waals surface area (Å²) in [5, 5.41) is 5.82. The van der Waals surface area contributed by atoms with Crippen molar-refractivity contribution in [2.45, 2.75) is 0 Å². The lowest BCUT2D eigenvalue weighted by atomic mass is 10.2. The van der Waals surface area contributed by atoms with Gasteiger partial charge in [-0.3, -0.25) is 10.1 Å². The van der Waals surface area contributed by atoms with Gasteiger partial charge in [0.2, 0.25) is 0 Å². The third-order valence-electron chi connectivity index (χ3n) is 2.97. The SMILES string of the molecule is COc1ccc(C(=O)NC(=S)Nc2ccc(I)cc2)cc1OC. The molecule has 0 unspecified atom stereocenters. The van der Waals surface area contributed by atoms with Crippen LogP contribution in [0.5, 0.6) is 11.5 Å². The molecule has 120 valence electrons. The van der Waals surface area contributed by atoms with E-state index < -0.39 is 0 Å². The van der Waals surface area contributed by atoms with Crippen LogP contribution in [0.1, 0.15) is 10.4 Å². The highest BCUT2D eigenvalue weighted by molar-refractivity contribution is 14.1. The second-order valence-electron chi connectivity index (χ2n) is 4.48. The zero-order valence-corrected chi connectivity index (χ0v) is 15.5. The molecule has 0 spiro atoms. The van der Waals surface area contributed by atoms with Crippen LogP contribution in [0.3, 0.4) is 0 Å². The van der Waals surface area contributed by atoms with Crippen molar-refractivity contribution in [2.75, 3.05) is 19.5 Å². The molecule has 0 aliphatic carbocycles. The summed E-state index contributed by atoms with van der Waals surface area (Å²) in [4.78, 5) is 12.2. The van der Waals surface area contributed by atoms with Crippen LogP contribution < -0.4 is 20.1 Å². The van der Waals surface area contributed by atoms with Gasteiger partial charge < -0.3 is 14.8 Å². The minimum atomic E-state index is -0.325. The van der Waals surface area contributed by atoms with Gasteiger partial charge in [0.15, 0.2) is 16.6 Å². The van der Waals surface area contributed by atoms with E-state index in [-0.39, 0.29) is 11.0 Å². The monoisotopic (exact) mass is 442 g/mol. The maximum Gasteiger partial charge on any atom is 0.257 e. The van der Waals surface area contributed by atoms with Crippen molar-refractivity contribution in [1.29, 1.82) is 0 Å². The minimum absolute atomic E-state index is 0.228. The zero-order chi connectivity index (χ0) is 16.8. The largest absolute Gasteiger partial charge is 0.493 e. The third-order valence-corrected chi connectivity index (χ3v) is 3.90. The number of hydrogen-bond donors (Lipinski definition) is 2. The number of halogens is 1. The van der Waals surface area contributed by atoms with Crippen LogP contribution in [-0.2, 0) is 0 Å². The maximum atomic E-state index is 12.2. The number of hydrogen-bond acceptors (Lipinski definition) is 4. The molecule has 0 aliphatic heterocycles. The van der Waals surface area contributed by atoms with Crippen molar-refractivity contribution in [2.24, 2.45) is 0 Å². The Hall–Kier alpha value is -1.87. The first kappa shape index (κ1) is 17.5. The lowest BCUT2D eigenvalue weighted by molar-refractivity contribution is 0.0977. The number of anilines is 1. The number of benzene rings is 2. The first-order valence-corrected chi connectivity index (χ1v) is 8.12. The third kappa shape index (κ3) is 4.80. The summed E-state index contributed by atoms with van der Waals surface area (Å²) in [6, 6.07) is 12.6. The second-order valence-corrected chi connectivity index (χ2v) is 6.14. The number of amides is 1. The zero-order valence-electron chi connectivity index (χ0n) is 12.6. The van der Waals surface area contributed by atoms with Crippen molar-refractivity contribution >= 4 is 51.5 Å². The summed E-state index contributed by atoms with van der Waals surface area (Å²) < 4.78 is 11.4. The number of thiocarbonyl (C=S) groups is 1. The van der Waals surface area contributed by atoms with E-state index in [0.29, 0.717) is 17.1 Å². The second kappa shape index (κ2) is 8.11. The smallest absolute Gasteiger partial charge is 0.257 e. The fourth-order valence-corrected chi connectivity index (χ4v) is 2.42. The van der Waals surface area contributed by atoms with Gasteiger partial charge in [-0.05, 0) is 77.3 Å². The summed E-state index contributed by atoms with van der Waals surface area (Å²) in [5.41, 5.74) is 1.23. The van der Waals surface area contributed by atoms with Crippen LogP contribution in [0.25, 0.3) is 0 Å². The molecule has 2 rings (SSSR count). The lowest BCUT2D eigenvalue weighted by Gasteiger charge is -2.11. The van der Waals surface area contributed by atoms with Crippen LogP contribution in [0.4, 0.5) is 5.69 Å². The summed E-state index contributed by atoms with van der Waals surface area (Å²) >= 11 is 7.37. The van der Waals surface area contributed by atoms with Gasteiger partial charge >= 0.3 is 0 Å². The Kier molecular flexibility index (Phi) is 6.17. The highest BCUT2D eigenvalue weighted by Gasteiger charge is 2.12. The molecule has 1 amide bonds. The van der Waals surface area contributed by atoms with Gasteiger partial charge in [-0.1, -0.05) is 0 Å². The highest BCUT2D eigenvalue weighted by atomic mass is 127. The van der Waals surface area contributed by atoms with E-state index in [2.05, 4.69) is 33.2 Å². The van der Waals surface area contributed by atoms with Crippen molar-refractivity contribution < 1.29 is 14.3 Å². The van der Waals surface area contributed by atoms with Crippen molar-refractivity contribution in [3.63, 3.8) is 0 Å². The van der Waals surface area contributed by atoms with E-state index >= 15 is 0 Å². The fraction of sp³-hybridized carbons (Fsp3) is 0.125. The van der Waals surface area contributed by atoms with Gasteiger partial charge in [0.1, 0.15) is 0 Å². The molecule has 7 heteroatoms. The summed E-state index contributed by atoms with van der Waals surface area (Å²) in [5.74, 6) is 0.717. The Morgan fingerprint density at radius 1 is 1.04 bits per heavy atom. The van der Waals surface area contributed by atoms with Crippen molar-refractivity contribution in [3.05, 3.63) is 51.6 Å². The summed E-state index contributed by atoms with van der Waals surface area (Å²) in [6.07, 6.45) is 0. The standard InChI is InChI=1S/C16H15IN2O3S/c1-21-13-8-3-10(9-14(13)22-2)15(20)19-16(23)18-12-6-4-11(17)5-7-12/h3-9H,1-2H3,(H2,18,19,20,23). The van der Waals surface area contributed by atoms with Crippen molar-refractivity contribution in [1.82, 2.24) is 5.32 Å². The number of carbonyl (C=O) groups excluding carboxylic acids is 1. The van der Waals surface area contributed by atoms with Crippen LogP contribution in [0.2, 0.25) is 0 Å². The highest BCUT2D eigenvalue weighted by Crippen LogP contribution is 2.27. The Labute approximate surface area is 153 Å². The Bertz CT molecular complexity index is 720. The maximum absolute atomic E-state index is 12.2. The van der Waals surface area contributed by atoms with E-state index in [9.17, 15) is 4.79 Å². The van der Waals surface area contributed by atoms with Crippen LogP contribution in [0, 0.1) is 3.57 Å². The van der Waals surface area contributed by atoms with Gasteiger partial charge in [0.25, 0.3) is 5.91 Å². The van der Waals surface area contributed by atoms with Crippen LogP contribution >= 0.6 is 34.8 Å². The van der Waals surface area contributed by atoms with E-state index in [0.717, 1.165) is 9.26 Å². The quantitative estimate of drug-likeness (QED) is 0.562. The molecule has 0 fully saturated rings. The first-order valence-electron chi connectivity index (χ1n) is 6.63. The summed E-state index contributed by atoms with van der Waals surface area (Å²) in [6.45, 7) is 0. The number of rotatable bonds is 4. The molecular formula is C16H15IN2O3S. The molecule has 0 bridgehead atoms. The molecule has 23 heavy (non-hydrogen) atoms. The molecule has 0 atom stereocenters. The number of ether oxygens (including phenoxy) is 2. The van der Waals surface area contributed by atoms with Crippen LogP contribution in [-0.4, -0.2) is 25.2 Å². The van der Waals surface area contributed by atoms with Crippen LogP contribution in [0.15, 0.2) is 42.5 Å². The van der Waals surface area contributed by atoms with E-state index in [1.165, 1.54) is 14.2 Å². The molecule has 2 aromatic rings. The van der Waals surface area contributed by atoms with Gasteiger partial charge in [0.05, 0.1) is 14.2 Å². The summed E-state index contributed by atoms with van der Waals surface area (Å²) in [7, 11) is 3.06. The van der Waals surface area contributed by atoms with E-state index in [1.54, 1.807) is 18.2 Å². The molecule has 2 aromatic carbocycles. The molecule has 0 saturated carbocycles. The first-order chi connectivity index (χ1) is 11.0. The average Bonchev–Trinajstić information content (AvgIpc) is 2.56. The fourth-order valence-electron chi connectivity index (χ4n) is 1.85. The topological polar surface area (TPSA) is 59.6 Å². The lowest BCUT2D eigenvalue weighted by Crippen LogP contribution is -2.34. The van der Waals surface area contributed by atoms with Crippen molar-refractivity contribution in [3.8, 4) is 11.5 Å². The van der Waals surface area contributed by atoms with E-state index in [1.807, 2.05) is 24.3 Å². The Balaban J connectivity index is 2.03. The predicted octanol–water partition coefficient (Wildman–Crippen LogP) is 3.44. The predicted molar refractivity (Wildman–Crippen MR) is 102 cm³/mol. The molecule has 0 aliphatic rings. The Morgan fingerprint density at radius 3 is 2.30 bits per heavy atom. The van der Waals surface area contributed by atoms with Gasteiger partial charge in [-0.15, -0.1) is 0 Å². The van der Waals surface area contributed by atoms with Gasteiger partial charge in [-0.2, -0.15) is 0 Å². The van der Waals surface area contributed by atoms with Gasteiger partial charge in [-0.25, -0.2) is 0 Å². The molecule has 0 heterocycles. The molecule has 2 N–H and O–H groups in total. The average molecular weight is 442 g/mol. The Morgan fingerprint density at radius 2 is 1.70 bits per heavy atom. The molecule has 0 saturated heterocycles. The van der Waals surface area contributed by atoms with E-state index in [4.69, 9.17) is 21.7 Å². The number of nitrogens with one attached hydrogen (secondary N) is 2. The molecule has 0 radical (unpaired) electrons.